The topological polar surface area (TPSA) is 24.5 Å². The molecule has 1 heterocycles. The molecule has 0 spiro atoms. The molecule has 0 aromatic heterocycles. The van der Waals surface area contributed by atoms with Gasteiger partial charge in [-0.05, 0) is 38.4 Å². The van der Waals surface area contributed by atoms with Crippen LogP contribution in [0, 0.1) is 5.92 Å². The molecule has 1 aromatic carbocycles. The Morgan fingerprint density at radius 3 is 2.57 bits per heavy atom. The minimum absolute atomic E-state index is 0.134. The van der Waals surface area contributed by atoms with Gasteiger partial charge in [-0.2, -0.15) is 0 Å². The number of benzene rings is 1. The van der Waals surface area contributed by atoms with Crippen molar-refractivity contribution in [1.29, 1.82) is 0 Å². The van der Waals surface area contributed by atoms with Gasteiger partial charge in [0.05, 0.1) is 5.69 Å². The summed E-state index contributed by atoms with van der Waals surface area (Å²) in [7, 11) is 2.07. The third-order valence-electron chi connectivity index (χ3n) is 4.06. The molecular weight excluding hydrogens is 281 g/mol. The van der Waals surface area contributed by atoms with E-state index in [1.807, 2.05) is 0 Å². The molecule has 0 saturated carbocycles. The number of ether oxygens (including phenoxy) is 1. The van der Waals surface area contributed by atoms with E-state index in [0.717, 1.165) is 13.0 Å². The Balaban J connectivity index is 2.12. The van der Waals surface area contributed by atoms with Crippen LogP contribution in [0.5, 0.6) is 5.75 Å². The van der Waals surface area contributed by atoms with Gasteiger partial charge in [0.2, 0.25) is 0 Å². The molecule has 1 aliphatic rings. The quantitative estimate of drug-likeness (QED) is 0.921. The molecule has 118 valence electrons. The first-order chi connectivity index (χ1) is 9.76. The Morgan fingerprint density at radius 2 is 1.90 bits per heavy atom. The van der Waals surface area contributed by atoms with Crippen molar-refractivity contribution in [3.63, 3.8) is 0 Å². The second-order valence-corrected chi connectivity index (χ2v) is 5.80. The van der Waals surface area contributed by atoms with Gasteiger partial charge < -0.3 is 15.0 Å². The molecule has 1 fully saturated rings. The number of piperidine rings is 1. The average molecular weight is 302 g/mol. The standard InChI is InChI=1S/C15H21F3N2O/c1-10-9-20(3)11(2)8-13(10)19-12-6-4-5-7-14(12)21-15(16,17)18/h4-7,10-11,13,19H,8-9H2,1-3H3. The van der Waals surface area contributed by atoms with E-state index in [0.29, 0.717) is 17.6 Å². The third kappa shape index (κ3) is 4.27. The van der Waals surface area contributed by atoms with Gasteiger partial charge in [0.15, 0.2) is 5.75 Å². The second kappa shape index (κ2) is 6.13. The molecule has 1 N–H and O–H groups in total. The van der Waals surface area contributed by atoms with Crippen LogP contribution in [0.2, 0.25) is 0 Å². The van der Waals surface area contributed by atoms with Gasteiger partial charge in [-0.1, -0.05) is 19.1 Å². The highest BCUT2D eigenvalue weighted by atomic mass is 19.4. The maximum atomic E-state index is 12.4. The lowest BCUT2D eigenvalue weighted by molar-refractivity contribution is -0.274. The number of para-hydroxylation sites is 2. The first-order valence-electron chi connectivity index (χ1n) is 7.08. The van der Waals surface area contributed by atoms with Gasteiger partial charge in [0, 0.05) is 18.6 Å². The van der Waals surface area contributed by atoms with Crippen LogP contribution in [0.4, 0.5) is 18.9 Å². The third-order valence-corrected chi connectivity index (χ3v) is 4.06. The lowest BCUT2D eigenvalue weighted by Gasteiger charge is -2.40. The Morgan fingerprint density at radius 1 is 1.24 bits per heavy atom. The van der Waals surface area contributed by atoms with Crippen LogP contribution in [0.3, 0.4) is 0 Å². The van der Waals surface area contributed by atoms with E-state index in [-0.39, 0.29) is 11.8 Å². The fourth-order valence-electron chi connectivity index (χ4n) is 2.74. The number of hydrogen-bond donors (Lipinski definition) is 1. The first kappa shape index (κ1) is 15.9. The van der Waals surface area contributed by atoms with E-state index in [4.69, 9.17) is 0 Å². The summed E-state index contributed by atoms with van der Waals surface area (Å²) in [5, 5.41) is 3.22. The maximum Gasteiger partial charge on any atom is 0.573 e. The van der Waals surface area contributed by atoms with Crippen molar-refractivity contribution in [1.82, 2.24) is 4.90 Å². The fraction of sp³-hybridized carbons (Fsp3) is 0.600. The van der Waals surface area contributed by atoms with Gasteiger partial charge in [-0.3, -0.25) is 0 Å². The number of nitrogens with zero attached hydrogens (tertiary/aromatic N) is 1. The Kier molecular flexibility index (Phi) is 4.66. The zero-order valence-electron chi connectivity index (χ0n) is 12.4. The van der Waals surface area contributed by atoms with Gasteiger partial charge in [0.1, 0.15) is 0 Å². The number of nitrogens with one attached hydrogen (secondary N) is 1. The van der Waals surface area contributed by atoms with Crippen molar-refractivity contribution in [3.05, 3.63) is 24.3 Å². The largest absolute Gasteiger partial charge is 0.573 e. The number of halogens is 3. The van der Waals surface area contributed by atoms with Crippen molar-refractivity contribution in [2.45, 2.75) is 38.7 Å². The number of hydrogen-bond acceptors (Lipinski definition) is 3. The first-order valence-corrected chi connectivity index (χ1v) is 7.08. The SMILES string of the molecule is CC1CN(C)C(C)CC1Nc1ccccc1OC(F)(F)F. The number of anilines is 1. The summed E-state index contributed by atoms with van der Waals surface area (Å²) in [6.07, 6.45) is -3.79. The van der Waals surface area contributed by atoms with Crippen molar-refractivity contribution in [3.8, 4) is 5.75 Å². The van der Waals surface area contributed by atoms with E-state index < -0.39 is 6.36 Å². The Bertz CT molecular complexity index is 478. The van der Waals surface area contributed by atoms with Crippen LogP contribution in [-0.2, 0) is 0 Å². The highest BCUT2D eigenvalue weighted by Crippen LogP contribution is 2.32. The van der Waals surface area contributed by atoms with Crippen LogP contribution in [0.15, 0.2) is 24.3 Å². The van der Waals surface area contributed by atoms with Gasteiger partial charge in [-0.15, -0.1) is 13.2 Å². The average Bonchev–Trinajstić information content (AvgIpc) is 2.36. The van der Waals surface area contributed by atoms with Gasteiger partial charge >= 0.3 is 6.36 Å². The summed E-state index contributed by atoms with van der Waals surface area (Å²) in [6, 6.07) is 6.72. The van der Waals surface area contributed by atoms with Crippen molar-refractivity contribution >= 4 is 5.69 Å². The number of likely N-dealkylation sites (tertiary alicyclic amines) is 1. The normalized spacial score (nSPS) is 27.4. The molecule has 1 saturated heterocycles. The summed E-state index contributed by atoms with van der Waals surface area (Å²) < 4.78 is 41.4. The van der Waals surface area contributed by atoms with Gasteiger partial charge in [0.25, 0.3) is 0 Å². The van der Waals surface area contributed by atoms with Crippen molar-refractivity contribution in [2.75, 3.05) is 18.9 Å². The smallest absolute Gasteiger partial charge is 0.404 e. The van der Waals surface area contributed by atoms with Crippen molar-refractivity contribution in [2.24, 2.45) is 5.92 Å². The zero-order valence-corrected chi connectivity index (χ0v) is 12.4. The number of rotatable bonds is 3. The highest BCUT2D eigenvalue weighted by molar-refractivity contribution is 5.57. The molecule has 6 heteroatoms. The molecule has 1 aliphatic heterocycles. The molecule has 0 bridgehead atoms. The fourth-order valence-corrected chi connectivity index (χ4v) is 2.74. The summed E-state index contributed by atoms with van der Waals surface area (Å²) in [5.74, 6) is 0.175. The van der Waals surface area contributed by atoms with Crippen molar-refractivity contribution < 1.29 is 17.9 Å². The minimum atomic E-state index is -4.68. The molecule has 21 heavy (non-hydrogen) atoms. The van der Waals surface area contributed by atoms with E-state index in [9.17, 15) is 13.2 Å². The molecule has 1 aromatic rings. The van der Waals surface area contributed by atoms with E-state index in [2.05, 4.69) is 35.8 Å². The van der Waals surface area contributed by atoms with Crippen LogP contribution in [-0.4, -0.2) is 36.9 Å². The molecule has 2 rings (SSSR count). The zero-order chi connectivity index (χ0) is 15.6. The summed E-state index contributed by atoms with van der Waals surface area (Å²) in [6.45, 7) is 5.15. The summed E-state index contributed by atoms with van der Waals surface area (Å²) in [4.78, 5) is 2.26. The summed E-state index contributed by atoms with van der Waals surface area (Å²) >= 11 is 0. The van der Waals surface area contributed by atoms with E-state index in [1.165, 1.54) is 12.1 Å². The molecule has 0 aliphatic carbocycles. The van der Waals surface area contributed by atoms with Crippen LogP contribution in [0.1, 0.15) is 20.3 Å². The van der Waals surface area contributed by atoms with Crippen LogP contribution in [0.25, 0.3) is 0 Å². The molecule has 3 unspecified atom stereocenters. The number of alkyl halides is 3. The predicted octanol–water partition coefficient (Wildman–Crippen LogP) is 3.73. The lowest BCUT2D eigenvalue weighted by atomic mass is 9.89. The maximum absolute atomic E-state index is 12.4. The molecule has 3 nitrogen and oxygen atoms in total. The second-order valence-electron chi connectivity index (χ2n) is 5.80. The monoisotopic (exact) mass is 302 g/mol. The summed E-state index contributed by atoms with van der Waals surface area (Å²) in [5.41, 5.74) is 0.392. The molecule has 0 amide bonds. The molecule has 3 atom stereocenters. The minimum Gasteiger partial charge on any atom is -0.404 e. The van der Waals surface area contributed by atoms with Crippen LogP contribution < -0.4 is 10.1 Å². The predicted molar refractivity (Wildman–Crippen MR) is 76.4 cm³/mol. The van der Waals surface area contributed by atoms with E-state index >= 15 is 0 Å². The van der Waals surface area contributed by atoms with Crippen LogP contribution >= 0.6 is 0 Å². The lowest BCUT2D eigenvalue weighted by Crippen LogP contribution is -2.48. The Hall–Kier alpha value is -1.43. The Labute approximate surface area is 123 Å². The highest BCUT2D eigenvalue weighted by Gasteiger charge is 2.33. The molecule has 0 radical (unpaired) electrons. The molecular formula is C15H21F3N2O. The van der Waals surface area contributed by atoms with E-state index in [1.54, 1.807) is 12.1 Å². The van der Waals surface area contributed by atoms with Gasteiger partial charge in [-0.25, -0.2) is 0 Å².